The van der Waals surface area contributed by atoms with Crippen LogP contribution in [0.5, 0.6) is 0 Å². The lowest BCUT2D eigenvalue weighted by molar-refractivity contribution is 0.591. The molecule has 0 saturated heterocycles. The second-order valence-corrected chi connectivity index (χ2v) is 4.13. The average Bonchev–Trinajstić information content (AvgIpc) is 2.01. The molecule has 0 aromatic heterocycles. The van der Waals surface area contributed by atoms with E-state index in [1.54, 1.807) is 6.07 Å². The number of nitrogens with zero attached hydrogens (tertiary/aromatic N) is 1. The highest BCUT2D eigenvalue weighted by atomic mass is 14.6. The van der Waals surface area contributed by atoms with Crippen LogP contribution in [0.4, 0.5) is 5.69 Å². The molecule has 0 unspecified atom stereocenters. The molecule has 2 heteroatoms. The molecule has 0 saturated carbocycles. The molecule has 2 N–H and O–H groups in total. The number of nitrogens with two attached hydrogens (primary N) is 1. The first-order valence-electron chi connectivity index (χ1n) is 4.26. The van der Waals surface area contributed by atoms with E-state index < -0.39 is 0 Å². The predicted molar refractivity (Wildman–Crippen MR) is 54.3 cm³/mol. The van der Waals surface area contributed by atoms with Crippen molar-refractivity contribution in [1.82, 2.24) is 0 Å². The second kappa shape index (κ2) is 3.10. The van der Waals surface area contributed by atoms with E-state index in [2.05, 4.69) is 26.8 Å². The average molecular weight is 174 g/mol. The van der Waals surface area contributed by atoms with Crippen LogP contribution in [0, 0.1) is 11.3 Å². The molecule has 0 aliphatic rings. The molecule has 0 aliphatic carbocycles. The molecule has 13 heavy (non-hydrogen) atoms. The number of rotatable bonds is 0. The summed E-state index contributed by atoms with van der Waals surface area (Å²) in [7, 11) is 0. The van der Waals surface area contributed by atoms with Crippen molar-refractivity contribution in [2.75, 3.05) is 5.73 Å². The summed E-state index contributed by atoms with van der Waals surface area (Å²) in [6.45, 7) is 6.17. The molecule has 0 radical (unpaired) electrons. The van der Waals surface area contributed by atoms with Crippen molar-refractivity contribution in [2.45, 2.75) is 26.2 Å². The maximum Gasteiger partial charge on any atom is 0.0995 e. The van der Waals surface area contributed by atoms with Gasteiger partial charge in [0.1, 0.15) is 0 Å². The Morgan fingerprint density at radius 3 is 2.31 bits per heavy atom. The van der Waals surface area contributed by atoms with Gasteiger partial charge in [0.15, 0.2) is 0 Å². The normalized spacial score (nSPS) is 10.9. The van der Waals surface area contributed by atoms with E-state index in [0.717, 1.165) is 5.56 Å². The molecule has 1 aromatic rings. The highest BCUT2D eigenvalue weighted by Crippen LogP contribution is 2.30. The first-order chi connectivity index (χ1) is 5.96. The minimum atomic E-state index is -0.0730. The van der Waals surface area contributed by atoms with Crippen LogP contribution in [0.2, 0.25) is 0 Å². The quantitative estimate of drug-likeness (QED) is 0.614. The topological polar surface area (TPSA) is 49.8 Å². The molecule has 0 bridgehead atoms. The van der Waals surface area contributed by atoms with E-state index in [4.69, 9.17) is 11.0 Å². The maximum absolute atomic E-state index is 8.90. The SMILES string of the molecule is CC(C)(C)c1c(N)cccc1C#N. The fraction of sp³-hybridized carbons (Fsp3) is 0.364. The zero-order valence-corrected chi connectivity index (χ0v) is 8.26. The predicted octanol–water partition coefficient (Wildman–Crippen LogP) is 2.44. The molecular weight excluding hydrogens is 160 g/mol. The van der Waals surface area contributed by atoms with Gasteiger partial charge in [-0.25, -0.2) is 0 Å². The number of hydrogen-bond donors (Lipinski definition) is 1. The van der Waals surface area contributed by atoms with Crippen LogP contribution in [0.3, 0.4) is 0 Å². The van der Waals surface area contributed by atoms with Gasteiger partial charge >= 0.3 is 0 Å². The van der Waals surface area contributed by atoms with Gasteiger partial charge < -0.3 is 5.73 Å². The Hall–Kier alpha value is -1.49. The molecule has 0 fully saturated rings. The largest absolute Gasteiger partial charge is 0.398 e. The molecule has 0 aliphatic heterocycles. The lowest BCUT2D eigenvalue weighted by Crippen LogP contribution is -2.15. The summed E-state index contributed by atoms with van der Waals surface area (Å²) in [6, 6.07) is 7.61. The van der Waals surface area contributed by atoms with Gasteiger partial charge in [-0.05, 0) is 23.1 Å². The van der Waals surface area contributed by atoms with Crippen LogP contribution in [-0.4, -0.2) is 0 Å². The van der Waals surface area contributed by atoms with Gasteiger partial charge in [0.2, 0.25) is 0 Å². The number of hydrogen-bond acceptors (Lipinski definition) is 2. The van der Waals surface area contributed by atoms with E-state index in [1.165, 1.54) is 0 Å². The Bertz CT molecular complexity index is 353. The maximum atomic E-state index is 8.90. The molecule has 2 nitrogen and oxygen atoms in total. The van der Waals surface area contributed by atoms with Crippen molar-refractivity contribution in [2.24, 2.45) is 0 Å². The van der Waals surface area contributed by atoms with Crippen molar-refractivity contribution in [1.29, 1.82) is 5.26 Å². The van der Waals surface area contributed by atoms with Gasteiger partial charge in [-0.3, -0.25) is 0 Å². The standard InChI is InChI=1S/C11H14N2/c1-11(2,3)10-8(7-12)5-4-6-9(10)13/h4-6H,13H2,1-3H3. The molecule has 0 heterocycles. The summed E-state index contributed by atoms with van der Waals surface area (Å²) in [4.78, 5) is 0. The summed E-state index contributed by atoms with van der Waals surface area (Å²) in [6.07, 6.45) is 0. The number of anilines is 1. The Labute approximate surface area is 79.0 Å². The Balaban J connectivity index is 3.43. The number of nitrogen functional groups attached to an aromatic ring is 1. The van der Waals surface area contributed by atoms with Gasteiger partial charge in [0.05, 0.1) is 11.6 Å². The third kappa shape index (κ3) is 1.81. The summed E-state index contributed by atoms with van der Waals surface area (Å²) in [5.74, 6) is 0. The van der Waals surface area contributed by atoms with Crippen molar-refractivity contribution < 1.29 is 0 Å². The van der Waals surface area contributed by atoms with Crippen molar-refractivity contribution in [3.05, 3.63) is 29.3 Å². The van der Waals surface area contributed by atoms with E-state index >= 15 is 0 Å². The zero-order chi connectivity index (χ0) is 10.1. The molecule has 1 aromatic carbocycles. The third-order valence-electron chi connectivity index (χ3n) is 1.97. The van der Waals surface area contributed by atoms with Crippen LogP contribution in [0.15, 0.2) is 18.2 Å². The van der Waals surface area contributed by atoms with Crippen LogP contribution in [0.25, 0.3) is 0 Å². The Kier molecular flexibility index (Phi) is 2.29. The van der Waals surface area contributed by atoms with Crippen LogP contribution < -0.4 is 5.73 Å². The van der Waals surface area contributed by atoms with E-state index in [1.807, 2.05) is 12.1 Å². The summed E-state index contributed by atoms with van der Waals surface area (Å²) >= 11 is 0. The van der Waals surface area contributed by atoms with Crippen LogP contribution >= 0.6 is 0 Å². The third-order valence-corrected chi connectivity index (χ3v) is 1.97. The van der Waals surface area contributed by atoms with Crippen molar-refractivity contribution in [3.8, 4) is 6.07 Å². The first kappa shape index (κ1) is 9.60. The van der Waals surface area contributed by atoms with E-state index in [-0.39, 0.29) is 5.41 Å². The molecule has 68 valence electrons. The smallest absolute Gasteiger partial charge is 0.0995 e. The van der Waals surface area contributed by atoms with Crippen LogP contribution in [-0.2, 0) is 5.41 Å². The highest BCUT2D eigenvalue weighted by Gasteiger charge is 2.20. The Morgan fingerprint density at radius 2 is 1.92 bits per heavy atom. The molecule has 0 amide bonds. The number of benzene rings is 1. The molecule has 1 rings (SSSR count). The van der Waals surface area contributed by atoms with E-state index in [0.29, 0.717) is 11.3 Å². The molecule has 0 spiro atoms. The summed E-state index contributed by atoms with van der Waals surface area (Å²) < 4.78 is 0. The van der Waals surface area contributed by atoms with E-state index in [9.17, 15) is 0 Å². The van der Waals surface area contributed by atoms with Crippen molar-refractivity contribution >= 4 is 5.69 Å². The van der Waals surface area contributed by atoms with Crippen LogP contribution in [0.1, 0.15) is 31.9 Å². The zero-order valence-electron chi connectivity index (χ0n) is 8.26. The van der Waals surface area contributed by atoms with Crippen molar-refractivity contribution in [3.63, 3.8) is 0 Å². The van der Waals surface area contributed by atoms with Gasteiger partial charge in [-0.2, -0.15) is 5.26 Å². The lowest BCUT2D eigenvalue weighted by Gasteiger charge is -2.22. The van der Waals surface area contributed by atoms with Gasteiger partial charge in [-0.1, -0.05) is 26.8 Å². The summed E-state index contributed by atoms with van der Waals surface area (Å²) in [5.41, 5.74) is 8.08. The fourth-order valence-corrected chi connectivity index (χ4v) is 1.50. The van der Waals surface area contributed by atoms with Gasteiger partial charge in [-0.15, -0.1) is 0 Å². The molecular formula is C11H14N2. The highest BCUT2D eigenvalue weighted by molar-refractivity contribution is 5.58. The lowest BCUT2D eigenvalue weighted by atomic mass is 9.83. The first-order valence-corrected chi connectivity index (χ1v) is 4.26. The minimum absolute atomic E-state index is 0.0730. The minimum Gasteiger partial charge on any atom is -0.398 e. The molecule has 0 atom stereocenters. The fourth-order valence-electron chi connectivity index (χ4n) is 1.50. The monoisotopic (exact) mass is 174 g/mol. The second-order valence-electron chi connectivity index (χ2n) is 4.13. The summed E-state index contributed by atoms with van der Waals surface area (Å²) in [5, 5.41) is 8.90. The van der Waals surface area contributed by atoms with Gasteiger partial charge in [0.25, 0.3) is 0 Å². The Morgan fingerprint density at radius 1 is 1.31 bits per heavy atom. The van der Waals surface area contributed by atoms with Gasteiger partial charge in [0, 0.05) is 5.69 Å². The number of nitriles is 1.